The van der Waals surface area contributed by atoms with E-state index in [0.29, 0.717) is 4.47 Å². The highest BCUT2D eigenvalue weighted by Crippen LogP contribution is 2.22. The number of benzene rings is 1. The summed E-state index contributed by atoms with van der Waals surface area (Å²) in [5, 5.41) is 0. The first kappa shape index (κ1) is 17.4. The second-order valence-corrected chi connectivity index (χ2v) is 8.45. The van der Waals surface area contributed by atoms with Gasteiger partial charge in [-0.25, -0.2) is 26.3 Å². The van der Waals surface area contributed by atoms with E-state index in [1.807, 2.05) is 0 Å². The normalized spacial score (nSPS) is 12.5. The van der Waals surface area contributed by atoms with Gasteiger partial charge in [-0.3, -0.25) is 0 Å². The van der Waals surface area contributed by atoms with E-state index in [0.717, 1.165) is 0 Å². The van der Waals surface area contributed by atoms with Crippen molar-refractivity contribution in [2.24, 2.45) is 0 Å². The number of hydrogen-bond donors (Lipinski definition) is 3. The summed E-state index contributed by atoms with van der Waals surface area (Å²) in [7, 11) is -7.24. The molecule has 0 radical (unpaired) electrons. The van der Waals surface area contributed by atoms with Crippen molar-refractivity contribution in [1.29, 1.82) is 0 Å². The molecule has 0 amide bonds. The van der Waals surface area contributed by atoms with Gasteiger partial charge >= 0.3 is 0 Å². The summed E-state index contributed by atoms with van der Waals surface area (Å²) in [6.07, 6.45) is 0. The van der Waals surface area contributed by atoms with E-state index in [1.165, 1.54) is 18.2 Å². The van der Waals surface area contributed by atoms with Gasteiger partial charge in [0.2, 0.25) is 20.0 Å². The highest BCUT2D eigenvalue weighted by Gasteiger charge is 2.16. The highest BCUT2D eigenvalue weighted by atomic mass is 79.9. The Bertz CT molecular complexity index is 674. The van der Waals surface area contributed by atoms with Gasteiger partial charge in [0.05, 0.1) is 10.6 Å². The van der Waals surface area contributed by atoms with Crippen molar-refractivity contribution < 1.29 is 16.8 Å². The van der Waals surface area contributed by atoms with Crippen molar-refractivity contribution in [3.8, 4) is 0 Å². The van der Waals surface area contributed by atoms with Crippen LogP contribution in [-0.2, 0) is 20.0 Å². The summed E-state index contributed by atoms with van der Waals surface area (Å²) >= 11 is 3.16. The number of anilines is 1. The third kappa shape index (κ3) is 5.02. The Balaban J connectivity index is 2.74. The Morgan fingerprint density at radius 3 is 2.40 bits per heavy atom. The maximum atomic E-state index is 11.9. The molecule has 0 heterocycles. The summed E-state index contributed by atoms with van der Waals surface area (Å²) in [5.74, 6) is -0.327. The zero-order valence-electron chi connectivity index (χ0n) is 10.8. The molecule has 0 aliphatic carbocycles. The fraction of sp³-hybridized carbons (Fsp3) is 0.400. The van der Waals surface area contributed by atoms with E-state index in [2.05, 4.69) is 25.4 Å². The second kappa shape index (κ2) is 6.85. The lowest BCUT2D eigenvalue weighted by Crippen LogP contribution is -2.34. The van der Waals surface area contributed by atoms with Crippen LogP contribution in [0.4, 0.5) is 5.69 Å². The van der Waals surface area contributed by atoms with Crippen molar-refractivity contribution in [1.82, 2.24) is 9.44 Å². The molecule has 7 nitrogen and oxygen atoms in total. The molecule has 20 heavy (non-hydrogen) atoms. The number of rotatable bonds is 7. The molecule has 0 fully saturated rings. The van der Waals surface area contributed by atoms with Gasteiger partial charge in [0, 0.05) is 23.2 Å². The number of nitrogen functional groups attached to an aromatic ring is 1. The molecule has 0 saturated heterocycles. The van der Waals surface area contributed by atoms with Crippen molar-refractivity contribution in [2.45, 2.75) is 11.8 Å². The van der Waals surface area contributed by atoms with Gasteiger partial charge < -0.3 is 5.73 Å². The van der Waals surface area contributed by atoms with Gasteiger partial charge in [0.15, 0.2) is 0 Å². The van der Waals surface area contributed by atoms with Gasteiger partial charge in [-0.15, -0.1) is 0 Å². The van der Waals surface area contributed by atoms with Crippen LogP contribution in [0.25, 0.3) is 0 Å². The molecular formula is C10H16BrN3O4S2. The molecule has 0 spiro atoms. The number of halogens is 1. The maximum Gasteiger partial charge on any atom is 0.240 e. The molecule has 0 aliphatic heterocycles. The van der Waals surface area contributed by atoms with E-state index in [1.54, 1.807) is 6.92 Å². The average molecular weight is 386 g/mol. The van der Waals surface area contributed by atoms with E-state index in [-0.39, 0.29) is 29.4 Å². The lowest BCUT2D eigenvalue weighted by molar-refractivity contribution is 0.576. The van der Waals surface area contributed by atoms with Gasteiger partial charge in [-0.05, 0) is 34.1 Å². The predicted molar refractivity (Wildman–Crippen MR) is 81.2 cm³/mol. The SMILES string of the molecule is CCNS(=O)(=O)CCNS(=O)(=O)c1ccc(Br)c(N)c1. The average Bonchev–Trinajstić information content (AvgIpc) is 2.31. The molecule has 0 aromatic heterocycles. The van der Waals surface area contributed by atoms with Crippen molar-refractivity contribution >= 4 is 41.7 Å². The maximum absolute atomic E-state index is 11.9. The first-order chi connectivity index (χ1) is 9.18. The monoisotopic (exact) mass is 385 g/mol. The van der Waals surface area contributed by atoms with Crippen LogP contribution in [0.2, 0.25) is 0 Å². The van der Waals surface area contributed by atoms with Crippen molar-refractivity contribution in [3.63, 3.8) is 0 Å². The van der Waals surface area contributed by atoms with Crippen LogP contribution >= 0.6 is 15.9 Å². The van der Waals surface area contributed by atoms with Crippen molar-refractivity contribution in [2.75, 3.05) is 24.6 Å². The van der Waals surface area contributed by atoms with Crippen LogP contribution in [0.1, 0.15) is 6.92 Å². The number of hydrogen-bond acceptors (Lipinski definition) is 5. The van der Waals surface area contributed by atoms with Gasteiger partial charge in [0.25, 0.3) is 0 Å². The molecule has 4 N–H and O–H groups in total. The van der Waals surface area contributed by atoms with Crippen LogP contribution in [-0.4, -0.2) is 35.7 Å². The first-order valence-electron chi connectivity index (χ1n) is 5.70. The smallest absolute Gasteiger partial charge is 0.240 e. The third-order valence-corrected chi connectivity index (χ3v) is 5.96. The minimum absolute atomic E-state index is 0.0148. The summed E-state index contributed by atoms with van der Waals surface area (Å²) in [6, 6.07) is 4.19. The lowest BCUT2D eigenvalue weighted by atomic mass is 10.3. The van der Waals surface area contributed by atoms with Gasteiger partial charge in [0.1, 0.15) is 0 Å². The van der Waals surface area contributed by atoms with Crippen LogP contribution in [0.5, 0.6) is 0 Å². The molecule has 0 saturated carbocycles. The van der Waals surface area contributed by atoms with Crippen molar-refractivity contribution in [3.05, 3.63) is 22.7 Å². The largest absolute Gasteiger partial charge is 0.398 e. The fourth-order valence-corrected chi connectivity index (χ4v) is 3.77. The van der Waals surface area contributed by atoms with Crippen LogP contribution in [0.15, 0.2) is 27.6 Å². The third-order valence-electron chi connectivity index (χ3n) is 2.30. The zero-order valence-corrected chi connectivity index (χ0v) is 14.0. The minimum atomic E-state index is -3.78. The van der Waals surface area contributed by atoms with Crippen LogP contribution in [0, 0.1) is 0 Å². The Morgan fingerprint density at radius 2 is 1.85 bits per heavy atom. The summed E-state index contributed by atoms with van der Waals surface area (Å²) in [6.45, 7) is 1.69. The fourth-order valence-electron chi connectivity index (χ4n) is 1.37. The molecule has 0 aliphatic rings. The summed E-state index contributed by atoms with van der Waals surface area (Å²) in [4.78, 5) is -0.0148. The Labute approximate surface area is 127 Å². The zero-order chi connectivity index (χ0) is 15.4. The molecule has 0 bridgehead atoms. The number of sulfonamides is 2. The quantitative estimate of drug-likeness (QED) is 0.581. The number of nitrogens with one attached hydrogen (secondary N) is 2. The summed E-state index contributed by atoms with van der Waals surface area (Å²) in [5.41, 5.74) is 5.90. The molecule has 0 unspecified atom stereocenters. The molecule has 114 valence electrons. The second-order valence-electron chi connectivity index (χ2n) is 3.90. The molecule has 1 aromatic rings. The molecule has 1 aromatic carbocycles. The summed E-state index contributed by atoms with van der Waals surface area (Å²) < 4.78 is 51.7. The topological polar surface area (TPSA) is 118 Å². The van der Waals surface area contributed by atoms with Gasteiger partial charge in [-0.1, -0.05) is 6.92 Å². The Hall–Kier alpha value is -0.680. The minimum Gasteiger partial charge on any atom is -0.398 e. The lowest BCUT2D eigenvalue weighted by Gasteiger charge is -2.08. The Morgan fingerprint density at radius 1 is 1.20 bits per heavy atom. The van der Waals surface area contributed by atoms with E-state index in [9.17, 15) is 16.8 Å². The molecule has 1 rings (SSSR count). The van der Waals surface area contributed by atoms with Crippen LogP contribution in [0.3, 0.4) is 0 Å². The number of nitrogens with two attached hydrogens (primary N) is 1. The molecule has 10 heteroatoms. The molecular weight excluding hydrogens is 370 g/mol. The first-order valence-corrected chi connectivity index (χ1v) is 9.63. The molecule has 0 atom stereocenters. The van der Waals surface area contributed by atoms with E-state index >= 15 is 0 Å². The standard InChI is InChI=1S/C10H16BrN3O4S2/c1-2-13-19(15,16)6-5-14-20(17,18)8-3-4-9(11)10(12)7-8/h3-4,7,13-14H,2,5-6,12H2,1H3. The van der Waals surface area contributed by atoms with Gasteiger partial charge in [-0.2, -0.15) is 0 Å². The Kier molecular flexibility index (Phi) is 5.95. The van der Waals surface area contributed by atoms with E-state index < -0.39 is 20.0 Å². The van der Waals surface area contributed by atoms with Crippen LogP contribution < -0.4 is 15.2 Å². The van der Waals surface area contributed by atoms with E-state index in [4.69, 9.17) is 5.73 Å². The highest BCUT2D eigenvalue weighted by molar-refractivity contribution is 9.10. The predicted octanol–water partition coefficient (Wildman–Crippen LogP) is 0.249.